The molecule has 0 fully saturated rings. The van der Waals surface area contributed by atoms with Crippen LogP contribution in [0.1, 0.15) is 24.2 Å². The minimum Gasteiger partial charge on any atom is -0.486 e. The van der Waals surface area contributed by atoms with Crippen LogP contribution in [-0.4, -0.2) is 35.4 Å². The van der Waals surface area contributed by atoms with Crippen LogP contribution >= 0.6 is 0 Å². The molecular formula is C18H22N4O3. The van der Waals surface area contributed by atoms with E-state index in [0.29, 0.717) is 31.8 Å². The standard InChI is InChI=1S/C18H22N4O3/c23-18(20-13-2-4-16-17(11-13)25-9-8-24-16)5-3-14-10-15-12-19-6-1-7-22(15)21-14/h2,4,10-11,19H,1,3,5-9,12H2,(H,20,23). The van der Waals surface area contributed by atoms with Crippen molar-refractivity contribution in [2.45, 2.75) is 32.4 Å². The number of anilines is 1. The lowest BCUT2D eigenvalue weighted by Crippen LogP contribution is -2.16. The minimum absolute atomic E-state index is 0.0296. The van der Waals surface area contributed by atoms with Gasteiger partial charge >= 0.3 is 0 Å². The zero-order valence-electron chi connectivity index (χ0n) is 14.1. The number of amides is 1. The highest BCUT2D eigenvalue weighted by Crippen LogP contribution is 2.32. The Labute approximate surface area is 146 Å². The molecule has 0 saturated heterocycles. The summed E-state index contributed by atoms with van der Waals surface area (Å²) in [7, 11) is 0. The molecule has 1 aromatic heterocycles. The fraction of sp³-hybridized carbons (Fsp3) is 0.444. The summed E-state index contributed by atoms with van der Waals surface area (Å²) in [6.07, 6.45) is 2.12. The summed E-state index contributed by atoms with van der Waals surface area (Å²) >= 11 is 0. The number of nitrogens with one attached hydrogen (secondary N) is 2. The van der Waals surface area contributed by atoms with Crippen molar-refractivity contribution in [1.82, 2.24) is 15.1 Å². The third kappa shape index (κ3) is 3.76. The summed E-state index contributed by atoms with van der Waals surface area (Å²) in [5, 5.41) is 10.9. The van der Waals surface area contributed by atoms with Crippen molar-refractivity contribution >= 4 is 11.6 Å². The average molecular weight is 342 g/mol. The number of aryl methyl sites for hydroxylation is 2. The number of aromatic nitrogens is 2. The van der Waals surface area contributed by atoms with Gasteiger partial charge in [-0.15, -0.1) is 0 Å². The molecule has 7 nitrogen and oxygen atoms in total. The minimum atomic E-state index is -0.0296. The summed E-state index contributed by atoms with van der Waals surface area (Å²) < 4.78 is 13.1. The van der Waals surface area contributed by atoms with Gasteiger partial charge in [-0.05, 0) is 31.2 Å². The smallest absolute Gasteiger partial charge is 0.224 e. The summed E-state index contributed by atoms with van der Waals surface area (Å²) in [6, 6.07) is 7.55. The van der Waals surface area contributed by atoms with Crippen LogP contribution in [0.25, 0.3) is 0 Å². The first-order valence-electron chi connectivity index (χ1n) is 8.74. The van der Waals surface area contributed by atoms with Gasteiger partial charge < -0.3 is 20.1 Å². The Hall–Kier alpha value is -2.54. The molecule has 1 aromatic carbocycles. The Morgan fingerprint density at radius 3 is 3.04 bits per heavy atom. The maximum absolute atomic E-state index is 12.2. The van der Waals surface area contributed by atoms with E-state index in [1.54, 1.807) is 6.07 Å². The van der Waals surface area contributed by atoms with E-state index in [4.69, 9.17) is 9.47 Å². The Morgan fingerprint density at radius 1 is 1.24 bits per heavy atom. The number of carbonyl (C=O) groups is 1. The van der Waals surface area contributed by atoms with E-state index in [1.165, 1.54) is 5.69 Å². The maximum Gasteiger partial charge on any atom is 0.224 e. The van der Waals surface area contributed by atoms with Crippen molar-refractivity contribution in [2.24, 2.45) is 0 Å². The van der Waals surface area contributed by atoms with Crippen LogP contribution in [0.15, 0.2) is 24.3 Å². The van der Waals surface area contributed by atoms with E-state index in [2.05, 4.69) is 21.8 Å². The molecule has 0 unspecified atom stereocenters. The van der Waals surface area contributed by atoms with Crippen LogP contribution in [0.3, 0.4) is 0 Å². The number of rotatable bonds is 4. The van der Waals surface area contributed by atoms with Crippen LogP contribution in [-0.2, 0) is 24.3 Å². The summed E-state index contributed by atoms with van der Waals surface area (Å²) in [5.41, 5.74) is 2.88. The molecule has 0 aliphatic carbocycles. The highest BCUT2D eigenvalue weighted by Gasteiger charge is 2.14. The van der Waals surface area contributed by atoms with Gasteiger partial charge in [0.25, 0.3) is 0 Å². The zero-order valence-corrected chi connectivity index (χ0v) is 14.1. The first-order chi connectivity index (χ1) is 12.3. The number of fused-ring (bicyclic) bond motifs is 2. The van der Waals surface area contributed by atoms with Gasteiger partial charge in [0, 0.05) is 37.7 Å². The molecule has 0 spiro atoms. The van der Waals surface area contributed by atoms with Crippen LogP contribution in [0.2, 0.25) is 0 Å². The van der Waals surface area contributed by atoms with Crippen molar-refractivity contribution in [3.63, 3.8) is 0 Å². The monoisotopic (exact) mass is 342 g/mol. The van der Waals surface area contributed by atoms with Gasteiger partial charge in [0.05, 0.1) is 11.4 Å². The molecule has 4 rings (SSSR count). The lowest BCUT2D eigenvalue weighted by atomic mass is 10.2. The molecule has 25 heavy (non-hydrogen) atoms. The molecule has 7 heteroatoms. The third-order valence-electron chi connectivity index (χ3n) is 4.38. The maximum atomic E-state index is 12.2. The number of hydrogen-bond acceptors (Lipinski definition) is 5. The summed E-state index contributed by atoms with van der Waals surface area (Å²) in [5.74, 6) is 1.37. The molecule has 2 aromatic rings. The molecule has 2 aliphatic rings. The van der Waals surface area contributed by atoms with E-state index in [-0.39, 0.29) is 5.91 Å². The highest BCUT2D eigenvalue weighted by molar-refractivity contribution is 5.91. The number of nitrogens with zero attached hydrogens (tertiary/aromatic N) is 2. The quantitative estimate of drug-likeness (QED) is 0.885. The molecule has 3 heterocycles. The lowest BCUT2D eigenvalue weighted by molar-refractivity contribution is -0.116. The summed E-state index contributed by atoms with van der Waals surface area (Å²) in [4.78, 5) is 12.2. The first kappa shape index (κ1) is 16.0. The van der Waals surface area contributed by atoms with Gasteiger partial charge in [0.2, 0.25) is 5.91 Å². The zero-order chi connectivity index (χ0) is 17.1. The van der Waals surface area contributed by atoms with Gasteiger partial charge in [-0.2, -0.15) is 5.10 Å². The van der Waals surface area contributed by atoms with Gasteiger partial charge in [-0.3, -0.25) is 9.48 Å². The van der Waals surface area contributed by atoms with E-state index in [1.807, 2.05) is 16.8 Å². The van der Waals surface area contributed by atoms with Crippen LogP contribution in [0.5, 0.6) is 11.5 Å². The molecule has 1 amide bonds. The van der Waals surface area contributed by atoms with Crippen LogP contribution in [0, 0.1) is 0 Å². The second-order valence-corrected chi connectivity index (χ2v) is 6.29. The molecule has 0 bridgehead atoms. The second kappa shape index (κ2) is 7.14. The number of ether oxygens (including phenoxy) is 2. The van der Waals surface area contributed by atoms with Crippen molar-refractivity contribution in [3.8, 4) is 11.5 Å². The molecular weight excluding hydrogens is 320 g/mol. The van der Waals surface area contributed by atoms with Crippen molar-refractivity contribution < 1.29 is 14.3 Å². The average Bonchev–Trinajstić information content (AvgIpc) is 2.89. The van der Waals surface area contributed by atoms with Crippen molar-refractivity contribution in [1.29, 1.82) is 0 Å². The largest absolute Gasteiger partial charge is 0.486 e. The second-order valence-electron chi connectivity index (χ2n) is 6.29. The Bertz CT molecular complexity index is 748. The van der Waals surface area contributed by atoms with E-state index < -0.39 is 0 Å². The van der Waals surface area contributed by atoms with E-state index in [0.717, 1.165) is 43.2 Å². The molecule has 2 aliphatic heterocycles. The fourth-order valence-corrected chi connectivity index (χ4v) is 3.13. The fourth-order valence-electron chi connectivity index (χ4n) is 3.13. The van der Waals surface area contributed by atoms with Gasteiger partial charge in [0.1, 0.15) is 13.2 Å². The Morgan fingerprint density at radius 2 is 2.12 bits per heavy atom. The van der Waals surface area contributed by atoms with Crippen molar-refractivity contribution in [3.05, 3.63) is 35.7 Å². The molecule has 2 N–H and O–H groups in total. The van der Waals surface area contributed by atoms with Crippen LogP contribution < -0.4 is 20.1 Å². The Kier molecular flexibility index (Phi) is 4.56. The van der Waals surface area contributed by atoms with Gasteiger partial charge in [0.15, 0.2) is 11.5 Å². The van der Waals surface area contributed by atoms with Gasteiger partial charge in [-0.25, -0.2) is 0 Å². The highest BCUT2D eigenvalue weighted by atomic mass is 16.6. The molecule has 132 valence electrons. The van der Waals surface area contributed by atoms with Crippen molar-refractivity contribution in [2.75, 3.05) is 25.1 Å². The molecule has 0 atom stereocenters. The predicted octanol–water partition coefficient (Wildman–Crippen LogP) is 1.72. The topological polar surface area (TPSA) is 77.4 Å². The number of carbonyl (C=O) groups excluding carboxylic acids is 1. The van der Waals surface area contributed by atoms with E-state index in [9.17, 15) is 4.79 Å². The molecule has 0 saturated carbocycles. The molecule has 0 radical (unpaired) electrons. The normalized spacial score (nSPS) is 16.0. The number of benzene rings is 1. The Balaban J connectivity index is 1.33. The lowest BCUT2D eigenvalue weighted by Gasteiger charge is -2.19. The van der Waals surface area contributed by atoms with Gasteiger partial charge in [-0.1, -0.05) is 0 Å². The van der Waals surface area contributed by atoms with E-state index >= 15 is 0 Å². The third-order valence-corrected chi connectivity index (χ3v) is 4.38. The SMILES string of the molecule is O=C(CCc1cc2n(n1)CCCNC2)Nc1ccc2c(c1)OCCO2. The predicted molar refractivity (Wildman–Crippen MR) is 92.9 cm³/mol. The number of hydrogen-bond donors (Lipinski definition) is 2. The van der Waals surface area contributed by atoms with Crippen LogP contribution in [0.4, 0.5) is 5.69 Å². The summed E-state index contributed by atoms with van der Waals surface area (Å²) in [6.45, 7) is 3.89. The first-order valence-corrected chi connectivity index (χ1v) is 8.74.